The number of nitrogens with one attached hydrogen (secondary N) is 1. The normalized spacial score (nSPS) is 12.3. The van der Waals surface area contributed by atoms with Crippen LogP contribution in [0.1, 0.15) is 51.9 Å². The van der Waals surface area contributed by atoms with Crippen molar-refractivity contribution in [3.63, 3.8) is 0 Å². The number of carbonyl (C=O) groups is 1. The Labute approximate surface area is 149 Å². The molecule has 2 heterocycles. The van der Waals surface area contributed by atoms with Gasteiger partial charge in [-0.05, 0) is 53.7 Å². The molecule has 0 aliphatic rings. The van der Waals surface area contributed by atoms with Gasteiger partial charge < -0.3 is 10.2 Å². The Kier molecular flexibility index (Phi) is 6.07. The molecule has 2 amide bonds. The van der Waals surface area contributed by atoms with Crippen molar-refractivity contribution in [2.45, 2.75) is 59.7 Å². The number of urea groups is 1. The summed E-state index contributed by atoms with van der Waals surface area (Å²) < 4.78 is 0. The van der Waals surface area contributed by atoms with Crippen LogP contribution in [0, 0.1) is 6.92 Å². The van der Waals surface area contributed by atoms with Crippen molar-refractivity contribution in [2.24, 2.45) is 0 Å². The van der Waals surface area contributed by atoms with E-state index in [9.17, 15) is 4.79 Å². The van der Waals surface area contributed by atoms with E-state index in [1.165, 1.54) is 0 Å². The summed E-state index contributed by atoms with van der Waals surface area (Å²) in [5.74, 6) is 0.660. The lowest BCUT2D eigenvalue weighted by Gasteiger charge is -2.32. The first-order valence-corrected chi connectivity index (χ1v) is 8.64. The van der Waals surface area contributed by atoms with Gasteiger partial charge in [0.1, 0.15) is 0 Å². The Morgan fingerprint density at radius 1 is 1.08 bits per heavy atom. The summed E-state index contributed by atoms with van der Waals surface area (Å²) in [5, 5.41) is 3.06. The number of aromatic nitrogens is 3. The molecular weight excluding hydrogens is 314 g/mol. The van der Waals surface area contributed by atoms with Gasteiger partial charge >= 0.3 is 6.03 Å². The largest absolute Gasteiger partial charge is 0.331 e. The topological polar surface area (TPSA) is 71.0 Å². The van der Waals surface area contributed by atoms with Crippen LogP contribution in [-0.2, 0) is 0 Å². The maximum atomic E-state index is 12.6. The summed E-state index contributed by atoms with van der Waals surface area (Å²) in [6.07, 6.45) is 5.23. The zero-order chi connectivity index (χ0) is 18.6. The zero-order valence-electron chi connectivity index (χ0n) is 15.8. The van der Waals surface area contributed by atoms with Crippen molar-refractivity contribution in [2.75, 3.05) is 0 Å². The van der Waals surface area contributed by atoms with Crippen LogP contribution in [0.15, 0.2) is 30.7 Å². The van der Waals surface area contributed by atoms with Gasteiger partial charge in [0.25, 0.3) is 0 Å². The Morgan fingerprint density at radius 3 is 2.20 bits per heavy atom. The quantitative estimate of drug-likeness (QED) is 0.899. The van der Waals surface area contributed by atoms with E-state index in [0.717, 1.165) is 16.8 Å². The molecule has 0 radical (unpaired) electrons. The van der Waals surface area contributed by atoms with E-state index in [1.807, 2.05) is 58.6 Å². The molecule has 25 heavy (non-hydrogen) atoms. The second-order valence-electron chi connectivity index (χ2n) is 6.74. The van der Waals surface area contributed by atoms with Gasteiger partial charge in [-0.3, -0.25) is 4.98 Å². The molecule has 134 valence electrons. The highest BCUT2D eigenvalue weighted by molar-refractivity contribution is 5.75. The van der Waals surface area contributed by atoms with Crippen molar-refractivity contribution >= 4 is 6.03 Å². The van der Waals surface area contributed by atoms with Crippen LogP contribution in [0.4, 0.5) is 4.79 Å². The van der Waals surface area contributed by atoms with Crippen molar-refractivity contribution < 1.29 is 4.79 Å². The Morgan fingerprint density at radius 2 is 1.68 bits per heavy atom. The monoisotopic (exact) mass is 341 g/mol. The van der Waals surface area contributed by atoms with Crippen LogP contribution in [0.3, 0.4) is 0 Å². The van der Waals surface area contributed by atoms with E-state index in [2.05, 4.69) is 20.3 Å². The standard InChI is InChI=1S/C19H27N5O/c1-12(2)24(13(3)4)19(25)23-15(6)17-11-21-18(22-14(17)5)16-7-9-20-10-8-16/h7-13,15H,1-6H3,(H,23,25). The van der Waals surface area contributed by atoms with E-state index in [4.69, 9.17) is 0 Å². The van der Waals surface area contributed by atoms with Gasteiger partial charge in [0.05, 0.1) is 6.04 Å². The van der Waals surface area contributed by atoms with Gasteiger partial charge in [0, 0.05) is 47.5 Å². The Bertz CT molecular complexity index is 707. The number of carbonyl (C=O) groups excluding carboxylic acids is 1. The summed E-state index contributed by atoms with van der Waals surface area (Å²) in [6, 6.07) is 3.79. The molecule has 1 unspecified atom stereocenters. The first-order chi connectivity index (χ1) is 11.8. The summed E-state index contributed by atoms with van der Waals surface area (Å²) in [4.78, 5) is 27.4. The third kappa shape index (κ3) is 4.53. The van der Waals surface area contributed by atoms with Gasteiger partial charge in [-0.15, -0.1) is 0 Å². The van der Waals surface area contributed by atoms with Crippen LogP contribution in [0.5, 0.6) is 0 Å². The van der Waals surface area contributed by atoms with Crippen LogP contribution in [0.25, 0.3) is 11.4 Å². The molecule has 1 atom stereocenters. The Balaban J connectivity index is 2.17. The minimum atomic E-state index is -0.168. The average molecular weight is 341 g/mol. The highest BCUT2D eigenvalue weighted by Crippen LogP contribution is 2.20. The number of hydrogen-bond donors (Lipinski definition) is 1. The lowest BCUT2D eigenvalue weighted by molar-refractivity contribution is 0.162. The van der Waals surface area contributed by atoms with Crippen molar-refractivity contribution in [3.05, 3.63) is 42.0 Å². The van der Waals surface area contributed by atoms with Crippen molar-refractivity contribution in [1.82, 2.24) is 25.2 Å². The smallest absolute Gasteiger partial charge is 0.318 e. The molecule has 1 N–H and O–H groups in total. The van der Waals surface area contributed by atoms with E-state index < -0.39 is 0 Å². The third-order valence-electron chi connectivity index (χ3n) is 4.11. The zero-order valence-corrected chi connectivity index (χ0v) is 15.8. The van der Waals surface area contributed by atoms with Gasteiger partial charge in [0.2, 0.25) is 0 Å². The minimum absolute atomic E-state index is 0.0740. The molecule has 0 saturated carbocycles. The highest BCUT2D eigenvalue weighted by Gasteiger charge is 2.22. The highest BCUT2D eigenvalue weighted by atomic mass is 16.2. The molecule has 2 aromatic heterocycles. The van der Waals surface area contributed by atoms with Crippen LogP contribution in [-0.4, -0.2) is 38.0 Å². The molecule has 0 aliphatic heterocycles. The van der Waals surface area contributed by atoms with E-state index in [1.54, 1.807) is 18.6 Å². The molecule has 0 fully saturated rings. The van der Waals surface area contributed by atoms with Gasteiger partial charge in [-0.25, -0.2) is 14.8 Å². The SMILES string of the molecule is Cc1nc(-c2ccncc2)ncc1C(C)NC(=O)N(C(C)C)C(C)C. The molecule has 2 aromatic rings. The number of aryl methyl sites for hydroxylation is 1. The number of nitrogens with zero attached hydrogens (tertiary/aromatic N) is 4. The van der Waals surface area contributed by atoms with Crippen molar-refractivity contribution in [3.8, 4) is 11.4 Å². The first kappa shape index (κ1) is 18.8. The van der Waals surface area contributed by atoms with Gasteiger partial charge in [-0.1, -0.05) is 0 Å². The molecule has 0 spiro atoms. The summed E-state index contributed by atoms with van der Waals surface area (Å²) in [6.45, 7) is 12.0. The average Bonchev–Trinajstić information content (AvgIpc) is 2.54. The maximum Gasteiger partial charge on any atom is 0.318 e. The maximum absolute atomic E-state index is 12.6. The lowest BCUT2D eigenvalue weighted by atomic mass is 10.1. The molecule has 2 rings (SSSR count). The summed E-state index contributed by atoms with van der Waals surface area (Å²) >= 11 is 0. The van der Waals surface area contributed by atoms with Crippen LogP contribution >= 0.6 is 0 Å². The fourth-order valence-corrected chi connectivity index (χ4v) is 2.94. The van der Waals surface area contributed by atoms with Crippen LogP contribution < -0.4 is 5.32 Å². The fourth-order valence-electron chi connectivity index (χ4n) is 2.94. The molecular formula is C19H27N5O. The summed E-state index contributed by atoms with van der Waals surface area (Å²) in [7, 11) is 0. The molecule has 6 nitrogen and oxygen atoms in total. The second kappa shape index (κ2) is 8.05. The first-order valence-electron chi connectivity index (χ1n) is 8.64. The predicted octanol–water partition coefficient (Wildman–Crippen LogP) is 3.74. The van der Waals surface area contributed by atoms with Crippen LogP contribution in [0.2, 0.25) is 0 Å². The molecule has 0 aromatic carbocycles. The van der Waals surface area contributed by atoms with Crippen molar-refractivity contribution in [1.29, 1.82) is 0 Å². The molecule has 0 saturated heterocycles. The second-order valence-corrected chi connectivity index (χ2v) is 6.74. The Hall–Kier alpha value is -2.50. The molecule has 6 heteroatoms. The van der Waals surface area contributed by atoms with Gasteiger partial charge in [0.15, 0.2) is 5.82 Å². The fraction of sp³-hybridized carbons (Fsp3) is 0.474. The lowest BCUT2D eigenvalue weighted by Crippen LogP contribution is -2.48. The van der Waals surface area contributed by atoms with E-state index >= 15 is 0 Å². The van der Waals surface area contributed by atoms with E-state index in [-0.39, 0.29) is 24.2 Å². The number of pyridine rings is 1. The summed E-state index contributed by atoms with van der Waals surface area (Å²) in [5.41, 5.74) is 2.70. The molecule has 0 bridgehead atoms. The van der Waals surface area contributed by atoms with E-state index in [0.29, 0.717) is 5.82 Å². The minimum Gasteiger partial charge on any atom is -0.331 e. The van der Waals surface area contributed by atoms with Gasteiger partial charge in [-0.2, -0.15) is 0 Å². The number of hydrogen-bond acceptors (Lipinski definition) is 4. The number of amides is 2. The third-order valence-corrected chi connectivity index (χ3v) is 4.11. The number of rotatable bonds is 5. The molecule has 0 aliphatic carbocycles. The predicted molar refractivity (Wildman–Crippen MR) is 99.1 cm³/mol.